The molecule has 2 aliphatic rings. The number of hydrogen-bond acceptors (Lipinski definition) is 6. The third-order valence-electron chi connectivity index (χ3n) is 7.87. The monoisotopic (exact) mass is 585 g/mol. The van der Waals surface area contributed by atoms with E-state index in [9.17, 15) is 22.4 Å². The van der Waals surface area contributed by atoms with E-state index in [1.807, 2.05) is 24.3 Å². The van der Waals surface area contributed by atoms with Gasteiger partial charge in [-0.05, 0) is 44.2 Å². The molecule has 1 fully saturated rings. The molecule has 2 N–H and O–H groups in total. The summed E-state index contributed by atoms with van der Waals surface area (Å²) in [6.45, 7) is -0.557. The highest BCUT2D eigenvalue weighted by Crippen LogP contribution is 2.35. The molecule has 1 aliphatic heterocycles. The van der Waals surface area contributed by atoms with Gasteiger partial charge in [0.25, 0.3) is 5.91 Å². The van der Waals surface area contributed by atoms with Gasteiger partial charge in [0.2, 0.25) is 11.7 Å². The van der Waals surface area contributed by atoms with Crippen LogP contribution in [0.3, 0.4) is 0 Å². The number of hydrogen-bond donors (Lipinski definition) is 2. The van der Waals surface area contributed by atoms with Crippen molar-refractivity contribution in [2.24, 2.45) is 0 Å². The van der Waals surface area contributed by atoms with Crippen molar-refractivity contribution in [3.63, 3.8) is 0 Å². The number of anilines is 1. The predicted molar refractivity (Wildman–Crippen MR) is 148 cm³/mol. The number of nitrogens with one attached hydrogen (secondary N) is 2. The van der Waals surface area contributed by atoms with Crippen molar-refractivity contribution in [1.29, 1.82) is 0 Å². The second kappa shape index (κ2) is 11.3. The summed E-state index contributed by atoms with van der Waals surface area (Å²) in [6.07, 6.45) is 4.18. The zero-order valence-electron chi connectivity index (χ0n) is 23.0. The van der Waals surface area contributed by atoms with Crippen LogP contribution in [0.1, 0.15) is 54.4 Å². The van der Waals surface area contributed by atoms with E-state index >= 15 is 0 Å². The van der Waals surface area contributed by atoms with Crippen LogP contribution in [0.15, 0.2) is 58.8 Å². The van der Waals surface area contributed by atoms with Crippen LogP contribution in [-0.4, -0.2) is 56.4 Å². The van der Waals surface area contributed by atoms with E-state index in [2.05, 4.69) is 25.3 Å². The van der Waals surface area contributed by atoms with Crippen molar-refractivity contribution in [2.75, 3.05) is 25.5 Å². The summed E-state index contributed by atoms with van der Waals surface area (Å²) in [5, 5.41) is 10.2. The van der Waals surface area contributed by atoms with Crippen LogP contribution in [0.25, 0.3) is 22.4 Å². The molecule has 0 radical (unpaired) electrons. The Bertz CT molecular complexity index is 1630. The molecule has 0 saturated heterocycles. The average Bonchev–Trinajstić information content (AvgIpc) is 3.75. The third-order valence-corrected chi connectivity index (χ3v) is 7.87. The van der Waals surface area contributed by atoms with Gasteiger partial charge in [-0.15, -0.1) is 0 Å². The first-order chi connectivity index (χ1) is 20.1. The standard InChI is InChI=1S/C29H31F4N7O2/c1-38-11-10-23(21(30)16-38)35-22-7-4-8-24-20(22)13-25(40(24)17-29(31,32)33)27-36-26(42-37-27)14-34-28(41)18-9-12-39(15-18)19-5-2-3-6-19/h4,7-9,12-13,15,19,35H,2-3,5-6,10-11,14,16-17H2,1H3,(H,34,41). The van der Waals surface area contributed by atoms with Crippen molar-refractivity contribution < 1.29 is 26.9 Å². The molecular formula is C29H31F4N7O2. The van der Waals surface area contributed by atoms with Gasteiger partial charge in [0.15, 0.2) is 0 Å². The van der Waals surface area contributed by atoms with Crippen LogP contribution >= 0.6 is 0 Å². The molecule has 1 amide bonds. The van der Waals surface area contributed by atoms with Crippen LogP contribution in [0.2, 0.25) is 0 Å². The van der Waals surface area contributed by atoms with Gasteiger partial charge >= 0.3 is 6.18 Å². The Labute approximate surface area is 239 Å². The number of carbonyl (C=O) groups excluding carboxylic acids is 1. The number of rotatable bonds is 8. The Balaban J connectivity index is 1.24. The summed E-state index contributed by atoms with van der Waals surface area (Å²) in [5.74, 6) is -0.628. The highest BCUT2D eigenvalue weighted by molar-refractivity contribution is 5.96. The van der Waals surface area contributed by atoms with Crippen LogP contribution in [-0.2, 0) is 13.1 Å². The van der Waals surface area contributed by atoms with Crippen LogP contribution in [0, 0.1) is 0 Å². The smallest absolute Gasteiger partial charge is 0.356 e. The molecule has 0 atom stereocenters. The molecule has 9 nitrogen and oxygen atoms in total. The molecule has 1 aliphatic carbocycles. The van der Waals surface area contributed by atoms with Crippen molar-refractivity contribution >= 4 is 22.5 Å². The van der Waals surface area contributed by atoms with Crippen molar-refractivity contribution in [2.45, 2.75) is 57.4 Å². The van der Waals surface area contributed by atoms with E-state index in [1.54, 1.807) is 24.3 Å². The number of aromatic nitrogens is 4. The molecule has 0 spiro atoms. The Morgan fingerprint density at radius 1 is 1.19 bits per heavy atom. The van der Waals surface area contributed by atoms with Crippen LogP contribution in [0.5, 0.6) is 0 Å². The quantitative estimate of drug-likeness (QED) is 0.246. The lowest BCUT2D eigenvalue weighted by molar-refractivity contribution is -0.139. The van der Waals surface area contributed by atoms with E-state index < -0.39 is 12.7 Å². The molecule has 0 unspecified atom stereocenters. The van der Waals surface area contributed by atoms with Gasteiger partial charge in [0.1, 0.15) is 12.4 Å². The first-order valence-electron chi connectivity index (χ1n) is 14.0. The lowest BCUT2D eigenvalue weighted by atomic mass is 10.1. The van der Waals surface area contributed by atoms with Gasteiger partial charge in [0, 0.05) is 48.2 Å². The maximum absolute atomic E-state index is 14.6. The van der Waals surface area contributed by atoms with Gasteiger partial charge in [-0.25, -0.2) is 4.39 Å². The maximum Gasteiger partial charge on any atom is 0.406 e. The van der Waals surface area contributed by atoms with Gasteiger partial charge in [-0.3, -0.25) is 9.69 Å². The molecule has 0 bridgehead atoms. The van der Waals surface area contributed by atoms with Crippen molar-refractivity contribution in [3.05, 3.63) is 65.7 Å². The average molecular weight is 586 g/mol. The Kier molecular flexibility index (Phi) is 7.52. The summed E-state index contributed by atoms with van der Waals surface area (Å²) < 4.78 is 64.1. The zero-order chi connectivity index (χ0) is 29.4. The fraction of sp³-hybridized carbons (Fsp3) is 0.414. The summed E-state index contributed by atoms with van der Waals surface area (Å²) in [7, 11) is 1.82. The summed E-state index contributed by atoms with van der Waals surface area (Å²) in [5.41, 5.74) is 1.76. The largest absolute Gasteiger partial charge is 0.406 e. The molecule has 42 heavy (non-hydrogen) atoms. The number of halogens is 4. The fourth-order valence-corrected chi connectivity index (χ4v) is 5.74. The second-order valence-corrected chi connectivity index (χ2v) is 10.9. The van der Waals surface area contributed by atoms with Crippen LogP contribution in [0.4, 0.5) is 23.2 Å². The van der Waals surface area contributed by atoms with E-state index in [4.69, 9.17) is 4.52 Å². The number of likely N-dealkylation sites (N-methyl/N-ethyl adjacent to an activating group) is 1. The van der Waals surface area contributed by atoms with E-state index in [0.717, 1.165) is 17.4 Å². The summed E-state index contributed by atoms with van der Waals surface area (Å²) in [4.78, 5) is 18.8. The molecule has 4 heterocycles. The van der Waals surface area contributed by atoms with Gasteiger partial charge in [-0.2, -0.15) is 18.2 Å². The highest BCUT2D eigenvalue weighted by atomic mass is 19.4. The van der Waals surface area contributed by atoms with Crippen molar-refractivity contribution in [1.82, 2.24) is 29.5 Å². The Morgan fingerprint density at radius 3 is 2.76 bits per heavy atom. The molecule has 13 heteroatoms. The summed E-state index contributed by atoms with van der Waals surface area (Å²) >= 11 is 0. The third kappa shape index (κ3) is 5.91. The number of carbonyl (C=O) groups is 1. The SMILES string of the molecule is CN1CCC(Nc2cccc3c2cc(-c2noc(CNC(=O)c4ccn(C5CCCC5)c4)n2)n3CC(F)(F)F)=C(F)C1. The number of benzene rings is 1. The van der Waals surface area contributed by atoms with Gasteiger partial charge in [-0.1, -0.05) is 24.1 Å². The summed E-state index contributed by atoms with van der Waals surface area (Å²) in [6, 6.07) is 8.57. The molecule has 222 valence electrons. The topological polar surface area (TPSA) is 93.2 Å². The number of nitrogens with zero attached hydrogens (tertiary/aromatic N) is 5. The minimum atomic E-state index is -4.53. The Morgan fingerprint density at radius 2 is 2.00 bits per heavy atom. The fourth-order valence-electron chi connectivity index (χ4n) is 5.74. The van der Waals surface area contributed by atoms with Gasteiger partial charge < -0.3 is 24.3 Å². The zero-order valence-corrected chi connectivity index (χ0v) is 23.0. The molecule has 4 aromatic rings. The molecular weight excluding hydrogens is 554 g/mol. The highest BCUT2D eigenvalue weighted by Gasteiger charge is 2.31. The molecule has 1 saturated carbocycles. The maximum atomic E-state index is 14.6. The minimum Gasteiger partial charge on any atom is -0.356 e. The molecule has 6 rings (SSSR count). The minimum absolute atomic E-state index is 0.0503. The van der Waals surface area contributed by atoms with Crippen LogP contribution < -0.4 is 10.6 Å². The number of amides is 1. The lowest BCUT2D eigenvalue weighted by Gasteiger charge is -2.24. The first kappa shape index (κ1) is 28.0. The predicted octanol–water partition coefficient (Wildman–Crippen LogP) is 6.03. The normalized spacial score (nSPS) is 17.0. The number of alkyl halides is 3. The molecule has 1 aromatic carbocycles. The molecule has 3 aromatic heterocycles. The van der Waals surface area contributed by atoms with E-state index in [1.165, 1.54) is 18.9 Å². The second-order valence-electron chi connectivity index (χ2n) is 10.9. The lowest BCUT2D eigenvalue weighted by Crippen LogP contribution is -2.28. The van der Waals surface area contributed by atoms with E-state index in [0.29, 0.717) is 41.3 Å². The van der Waals surface area contributed by atoms with Crippen molar-refractivity contribution in [3.8, 4) is 11.5 Å². The Hall–Kier alpha value is -4.13. The number of fused-ring (bicyclic) bond motifs is 1. The van der Waals surface area contributed by atoms with E-state index in [-0.39, 0.29) is 47.7 Å². The first-order valence-corrected chi connectivity index (χ1v) is 14.0. The van der Waals surface area contributed by atoms with Gasteiger partial charge in [0.05, 0.1) is 29.9 Å².